The molecule has 0 radical (unpaired) electrons. The molecule has 0 heterocycles. The first-order valence-corrected chi connectivity index (χ1v) is 6.95. The fourth-order valence-corrected chi connectivity index (χ4v) is 2.07. The van der Waals surface area contributed by atoms with Gasteiger partial charge in [-0.05, 0) is 30.8 Å². The van der Waals surface area contributed by atoms with Crippen molar-refractivity contribution in [3.8, 4) is 0 Å². The zero-order valence-corrected chi connectivity index (χ0v) is 11.0. The van der Waals surface area contributed by atoms with Gasteiger partial charge in [0.1, 0.15) is 0 Å². The van der Waals surface area contributed by atoms with E-state index in [4.69, 9.17) is 10.8 Å². The van der Waals surface area contributed by atoms with Crippen LogP contribution in [-0.4, -0.2) is 41.8 Å². The molecule has 0 aliphatic carbocycles. The molecule has 92 valence electrons. The van der Waals surface area contributed by atoms with E-state index in [-0.39, 0.29) is 12.5 Å². The van der Waals surface area contributed by atoms with Crippen LogP contribution in [0.3, 0.4) is 0 Å². The van der Waals surface area contributed by atoms with E-state index in [9.17, 15) is 0 Å². The molecule has 0 aliphatic rings. The molecule has 4 heteroatoms. The molecule has 0 saturated heterocycles. The Morgan fingerprint density at radius 3 is 2.53 bits per heavy atom. The maximum Gasteiger partial charge on any atom is 0.0471 e. The van der Waals surface area contributed by atoms with Crippen LogP contribution in [-0.2, 0) is 0 Å². The molecule has 0 amide bonds. The van der Waals surface area contributed by atoms with Crippen molar-refractivity contribution in [1.82, 2.24) is 5.32 Å². The first-order chi connectivity index (χ1) is 7.15. The maximum atomic E-state index is 9.03. The average Bonchev–Trinajstić information content (AvgIpc) is 2.26. The average molecular weight is 234 g/mol. The molecule has 0 bridgehead atoms. The Labute approximate surface area is 98.2 Å². The van der Waals surface area contributed by atoms with E-state index in [2.05, 4.69) is 19.2 Å². The third-order valence-electron chi connectivity index (χ3n) is 2.74. The van der Waals surface area contributed by atoms with Gasteiger partial charge in [0, 0.05) is 25.2 Å². The van der Waals surface area contributed by atoms with Gasteiger partial charge in [-0.25, -0.2) is 0 Å². The molecule has 0 aromatic heterocycles. The van der Waals surface area contributed by atoms with Crippen LogP contribution in [0.5, 0.6) is 0 Å². The lowest BCUT2D eigenvalue weighted by Gasteiger charge is -2.25. The van der Waals surface area contributed by atoms with Crippen molar-refractivity contribution in [2.45, 2.75) is 39.3 Å². The van der Waals surface area contributed by atoms with Gasteiger partial charge in [-0.15, -0.1) is 0 Å². The maximum absolute atomic E-state index is 9.03. The van der Waals surface area contributed by atoms with Crippen LogP contribution in [0.15, 0.2) is 0 Å². The third-order valence-corrected chi connectivity index (χ3v) is 3.67. The van der Waals surface area contributed by atoms with E-state index in [0.717, 1.165) is 12.2 Å². The van der Waals surface area contributed by atoms with Crippen molar-refractivity contribution in [2.75, 3.05) is 24.7 Å². The van der Waals surface area contributed by atoms with Crippen LogP contribution < -0.4 is 11.1 Å². The molecule has 3 atom stereocenters. The standard InChI is InChI=1S/C11H26N2OS/c1-4-15-6-5-11(7-12)13-10(3)9(2)8-14/h9-11,13-14H,4-8,12H2,1-3H3. The molecule has 0 fully saturated rings. The van der Waals surface area contributed by atoms with E-state index in [1.807, 2.05) is 18.7 Å². The highest BCUT2D eigenvalue weighted by molar-refractivity contribution is 7.99. The molecule has 15 heavy (non-hydrogen) atoms. The van der Waals surface area contributed by atoms with Gasteiger partial charge in [-0.3, -0.25) is 0 Å². The Balaban J connectivity index is 3.76. The fourth-order valence-electron chi connectivity index (χ4n) is 1.33. The van der Waals surface area contributed by atoms with Crippen molar-refractivity contribution in [3.63, 3.8) is 0 Å². The van der Waals surface area contributed by atoms with Gasteiger partial charge in [0.05, 0.1) is 0 Å². The van der Waals surface area contributed by atoms with Crippen molar-refractivity contribution in [2.24, 2.45) is 11.7 Å². The molecule has 0 aromatic rings. The molecular weight excluding hydrogens is 208 g/mol. The number of aliphatic hydroxyl groups is 1. The first-order valence-electron chi connectivity index (χ1n) is 5.80. The van der Waals surface area contributed by atoms with Crippen LogP contribution in [0.4, 0.5) is 0 Å². The summed E-state index contributed by atoms with van der Waals surface area (Å²) in [5.74, 6) is 2.61. The quantitative estimate of drug-likeness (QED) is 0.522. The van der Waals surface area contributed by atoms with Crippen LogP contribution in [0.2, 0.25) is 0 Å². The molecule has 0 saturated carbocycles. The highest BCUT2D eigenvalue weighted by Crippen LogP contribution is 2.07. The van der Waals surface area contributed by atoms with Gasteiger partial charge in [0.2, 0.25) is 0 Å². The highest BCUT2D eigenvalue weighted by Gasteiger charge is 2.15. The molecular formula is C11H26N2OS. The number of nitrogens with one attached hydrogen (secondary N) is 1. The van der Waals surface area contributed by atoms with Crippen molar-refractivity contribution >= 4 is 11.8 Å². The van der Waals surface area contributed by atoms with Crippen LogP contribution in [0.25, 0.3) is 0 Å². The number of hydrogen-bond acceptors (Lipinski definition) is 4. The number of rotatable bonds is 9. The topological polar surface area (TPSA) is 58.3 Å². The van der Waals surface area contributed by atoms with Gasteiger partial charge in [-0.2, -0.15) is 11.8 Å². The predicted octanol–water partition coefficient (Wildman–Crippen LogP) is 1.06. The summed E-state index contributed by atoms with van der Waals surface area (Å²) >= 11 is 1.95. The van der Waals surface area contributed by atoms with Crippen molar-refractivity contribution in [1.29, 1.82) is 0 Å². The number of hydrogen-bond donors (Lipinski definition) is 3. The zero-order chi connectivity index (χ0) is 11.7. The summed E-state index contributed by atoms with van der Waals surface area (Å²) in [6.07, 6.45) is 1.11. The molecule has 0 spiro atoms. The summed E-state index contributed by atoms with van der Waals surface area (Å²) in [5, 5.41) is 12.5. The normalized spacial score (nSPS) is 17.4. The van der Waals surface area contributed by atoms with Gasteiger partial charge in [-0.1, -0.05) is 13.8 Å². The molecule has 0 aliphatic heterocycles. The first kappa shape index (κ1) is 15.2. The lowest BCUT2D eigenvalue weighted by atomic mass is 10.0. The van der Waals surface area contributed by atoms with Gasteiger partial charge in [0.15, 0.2) is 0 Å². The van der Waals surface area contributed by atoms with Gasteiger partial charge < -0.3 is 16.2 Å². The Morgan fingerprint density at radius 2 is 2.07 bits per heavy atom. The zero-order valence-electron chi connectivity index (χ0n) is 10.2. The van der Waals surface area contributed by atoms with E-state index < -0.39 is 0 Å². The minimum atomic E-state index is 0.231. The Kier molecular flexibility index (Phi) is 9.60. The molecule has 3 nitrogen and oxygen atoms in total. The monoisotopic (exact) mass is 234 g/mol. The van der Waals surface area contributed by atoms with Gasteiger partial charge in [0.25, 0.3) is 0 Å². The second kappa shape index (κ2) is 9.46. The lowest BCUT2D eigenvalue weighted by Crippen LogP contribution is -2.45. The molecule has 4 N–H and O–H groups in total. The summed E-state index contributed by atoms with van der Waals surface area (Å²) in [5.41, 5.74) is 5.71. The van der Waals surface area contributed by atoms with E-state index >= 15 is 0 Å². The second-order valence-corrected chi connectivity index (χ2v) is 5.43. The summed E-state index contributed by atoms with van der Waals surface area (Å²) in [6.45, 7) is 7.23. The predicted molar refractivity (Wildman–Crippen MR) is 69.3 cm³/mol. The SMILES string of the molecule is CCSCCC(CN)NC(C)C(C)CO. The smallest absolute Gasteiger partial charge is 0.0471 e. The Hall–Kier alpha value is 0.230. The second-order valence-electron chi connectivity index (χ2n) is 4.03. The van der Waals surface area contributed by atoms with Crippen LogP contribution >= 0.6 is 11.8 Å². The summed E-state index contributed by atoms with van der Waals surface area (Å²) in [6, 6.07) is 0.711. The number of nitrogens with two attached hydrogens (primary N) is 1. The van der Waals surface area contributed by atoms with Crippen molar-refractivity contribution in [3.05, 3.63) is 0 Å². The Bertz CT molecular complexity index is 147. The minimum Gasteiger partial charge on any atom is -0.396 e. The summed E-state index contributed by atoms with van der Waals surface area (Å²) in [4.78, 5) is 0. The highest BCUT2D eigenvalue weighted by atomic mass is 32.2. The largest absolute Gasteiger partial charge is 0.396 e. The minimum absolute atomic E-state index is 0.231. The van der Waals surface area contributed by atoms with E-state index in [1.54, 1.807) is 0 Å². The number of thioether (sulfide) groups is 1. The molecule has 3 unspecified atom stereocenters. The number of aliphatic hydroxyl groups excluding tert-OH is 1. The van der Waals surface area contributed by atoms with E-state index in [0.29, 0.717) is 18.6 Å². The van der Waals surface area contributed by atoms with Gasteiger partial charge >= 0.3 is 0 Å². The lowest BCUT2D eigenvalue weighted by molar-refractivity contribution is 0.200. The molecule has 0 rings (SSSR count). The summed E-state index contributed by atoms with van der Waals surface area (Å²) < 4.78 is 0. The van der Waals surface area contributed by atoms with Crippen molar-refractivity contribution < 1.29 is 5.11 Å². The van der Waals surface area contributed by atoms with Crippen LogP contribution in [0, 0.1) is 5.92 Å². The summed E-state index contributed by atoms with van der Waals surface area (Å²) in [7, 11) is 0. The molecule has 0 aromatic carbocycles. The fraction of sp³-hybridized carbons (Fsp3) is 1.00. The Morgan fingerprint density at radius 1 is 1.40 bits per heavy atom. The van der Waals surface area contributed by atoms with Crippen LogP contribution in [0.1, 0.15) is 27.2 Å². The van der Waals surface area contributed by atoms with E-state index in [1.165, 1.54) is 5.75 Å². The third kappa shape index (κ3) is 7.17.